The summed E-state index contributed by atoms with van der Waals surface area (Å²) in [6.07, 6.45) is 0.511. The summed E-state index contributed by atoms with van der Waals surface area (Å²) < 4.78 is 46.5. The Morgan fingerprint density at radius 1 is 0.690 bits per heavy atom. The summed E-state index contributed by atoms with van der Waals surface area (Å²) in [6.45, 7) is 1.87. The first kappa shape index (κ1) is 20.8. The lowest BCUT2D eigenvalue weighted by Crippen LogP contribution is -2.12. The van der Waals surface area contributed by atoms with Crippen LogP contribution in [0.25, 0.3) is 0 Å². The summed E-state index contributed by atoms with van der Waals surface area (Å²) >= 11 is 0. The summed E-state index contributed by atoms with van der Waals surface area (Å²) in [5, 5.41) is 0. The molecule has 0 aliphatic carbocycles. The highest BCUT2D eigenvalue weighted by Gasteiger charge is 2.35. The van der Waals surface area contributed by atoms with Gasteiger partial charge in [0.15, 0.2) is 17.2 Å². The van der Waals surface area contributed by atoms with Gasteiger partial charge < -0.3 is 4.74 Å². The molecule has 6 nitrogen and oxygen atoms in total. The van der Waals surface area contributed by atoms with Crippen LogP contribution in [0.1, 0.15) is 13.3 Å². The number of benzene rings is 3. The molecule has 0 aliphatic heterocycles. The Morgan fingerprint density at radius 2 is 1.21 bits per heavy atom. The van der Waals surface area contributed by atoms with Gasteiger partial charge in [-0.2, -0.15) is 0 Å². The van der Waals surface area contributed by atoms with Crippen LogP contribution < -0.4 is 18.3 Å². The molecule has 3 unspecified atom stereocenters. The van der Waals surface area contributed by atoms with Gasteiger partial charge in [-0.05, 0) is 41.0 Å². The minimum Gasteiger partial charge on any atom is -0.444 e. The van der Waals surface area contributed by atoms with Crippen molar-refractivity contribution in [3.63, 3.8) is 0 Å². The molecule has 0 bridgehead atoms. The Morgan fingerprint density at radius 3 is 1.83 bits per heavy atom. The van der Waals surface area contributed by atoms with Gasteiger partial charge in [-0.15, -0.1) is 0 Å². The maximum absolute atomic E-state index is 12.6. The first-order valence-electron chi connectivity index (χ1n) is 8.98. The van der Waals surface area contributed by atoms with Crippen molar-refractivity contribution in [1.82, 2.24) is 0 Å². The minimum absolute atomic E-state index is 0.278. The third-order valence-electron chi connectivity index (χ3n) is 3.70. The van der Waals surface area contributed by atoms with Crippen LogP contribution in [0.3, 0.4) is 0 Å². The third kappa shape index (κ3) is 6.56. The van der Waals surface area contributed by atoms with Crippen molar-refractivity contribution >= 4 is 16.3 Å². The molecule has 0 saturated heterocycles. The van der Waals surface area contributed by atoms with E-state index in [-0.39, 0.29) is 5.75 Å². The molecule has 148 valence electrons. The van der Waals surface area contributed by atoms with Gasteiger partial charge >= 0.3 is 22.1 Å². The Hall–Kier alpha value is -2.94. The smallest absolute Gasteiger partial charge is 0.444 e. The molecule has 0 fully saturated rings. The van der Waals surface area contributed by atoms with E-state index in [0.29, 0.717) is 23.7 Å². The monoisotopic (exact) mass is 430 g/mol. The van der Waals surface area contributed by atoms with Gasteiger partial charge in [-0.25, -0.2) is 9.05 Å². The maximum Gasteiger partial charge on any atom is 0.805 e. The van der Waals surface area contributed by atoms with Crippen LogP contribution in [0.2, 0.25) is 0 Å². The zero-order valence-electron chi connectivity index (χ0n) is 15.7. The Labute approximate surface area is 171 Å². The average Bonchev–Trinajstić information content (AvgIpc) is 2.73. The van der Waals surface area contributed by atoms with Gasteiger partial charge in [0.25, 0.3) is 0 Å². The predicted molar refractivity (Wildman–Crippen MR) is 111 cm³/mol. The summed E-state index contributed by atoms with van der Waals surface area (Å²) in [4.78, 5) is 0. The van der Waals surface area contributed by atoms with Gasteiger partial charge in [-0.1, -0.05) is 49.4 Å². The standard InChI is InChI=1S/C21H20O6P2/c1-2-21(24-17-10-5-3-6-11-17)28(22)25-19-14-9-15-20(16-19)27-29(23)26-18-12-7-4-8-13-18/h3-16,21H,2H2,1H3/q+2. The largest absolute Gasteiger partial charge is 0.805 e. The van der Waals surface area contributed by atoms with Crippen LogP contribution in [0.5, 0.6) is 23.0 Å². The van der Waals surface area contributed by atoms with Crippen molar-refractivity contribution in [2.24, 2.45) is 0 Å². The van der Waals surface area contributed by atoms with E-state index in [1.54, 1.807) is 54.6 Å². The molecule has 3 atom stereocenters. The molecule has 0 amide bonds. The molecule has 0 aliphatic rings. The molecule has 0 N–H and O–H groups in total. The molecule has 3 rings (SSSR count). The van der Waals surface area contributed by atoms with Crippen LogP contribution in [0.4, 0.5) is 0 Å². The number of hydrogen-bond acceptors (Lipinski definition) is 6. The number of para-hydroxylation sites is 2. The van der Waals surface area contributed by atoms with Crippen molar-refractivity contribution in [3.05, 3.63) is 84.9 Å². The molecule has 0 heterocycles. The van der Waals surface area contributed by atoms with Gasteiger partial charge in [0.1, 0.15) is 5.75 Å². The zero-order valence-corrected chi connectivity index (χ0v) is 17.5. The maximum atomic E-state index is 12.6. The predicted octanol–water partition coefficient (Wildman–Crippen LogP) is 6.74. The van der Waals surface area contributed by atoms with E-state index in [1.165, 1.54) is 6.07 Å². The van der Waals surface area contributed by atoms with Gasteiger partial charge in [0.05, 0.1) is 0 Å². The van der Waals surface area contributed by atoms with Crippen molar-refractivity contribution in [2.45, 2.75) is 19.2 Å². The van der Waals surface area contributed by atoms with Crippen molar-refractivity contribution in [1.29, 1.82) is 0 Å². The fourth-order valence-corrected chi connectivity index (χ4v) is 3.92. The van der Waals surface area contributed by atoms with Crippen molar-refractivity contribution in [2.75, 3.05) is 0 Å². The quantitative estimate of drug-likeness (QED) is 0.332. The molecule has 8 heteroatoms. The summed E-state index contributed by atoms with van der Waals surface area (Å²) in [7, 11) is -4.57. The summed E-state index contributed by atoms with van der Waals surface area (Å²) in [5.41, 5.74) is 0. The van der Waals surface area contributed by atoms with Crippen molar-refractivity contribution in [3.8, 4) is 23.0 Å². The lowest BCUT2D eigenvalue weighted by Gasteiger charge is -2.07. The lowest BCUT2D eigenvalue weighted by atomic mass is 10.3. The molecule has 3 aromatic carbocycles. The number of hydrogen-bond donors (Lipinski definition) is 0. The van der Waals surface area contributed by atoms with Crippen LogP contribution in [0, 0.1) is 0 Å². The van der Waals surface area contributed by atoms with Crippen LogP contribution in [-0.4, -0.2) is 5.85 Å². The second-order valence-corrected chi connectivity index (χ2v) is 8.01. The Balaban J connectivity index is 1.59. The van der Waals surface area contributed by atoms with Crippen LogP contribution >= 0.6 is 16.3 Å². The second kappa shape index (κ2) is 10.6. The normalized spacial score (nSPS) is 12.4. The van der Waals surface area contributed by atoms with E-state index < -0.39 is 22.1 Å². The molecule has 29 heavy (non-hydrogen) atoms. The topological polar surface area (TPSA) is 71.1 Å². The molecule has 0 aromatic heterocycles. The average molecular weight is 430 g/mol. The summed E-state index contributed by atoms with van der Waals surface area (Å²) in [6, 6.07) is 24.3. The lowest BCUT2D eigenvalue weighted by molar-refractivity contribution is 0.259. The van der Waals surface area contributed by atoms with E-state index in [2.05, 4.69) is 0 Å². The third-order valence-corrected chi connectivity index (χ3v) is 5.76. The van der Waals surface area contributed by atoms with E-state index in [4.69, 9.17) is 18.3 Å². The van der Waals surface area contributed by atoms with E-state index in [0.717, 1.165) is 0 Å². The SMILES string of the molecule is CCC(Oc1ccccc1)[P+](=O)Oc1cccc(O[P+](=O)Oc2ccccc2)c1. The fraction of sp³-hybridized carbons (Fsp3) is 0.143. The van der Waals surface area contributed by atoms with Crippen LogP contribution in [-0.2, 0) is 9.13 Å². The van der Waals surface area contributed by atoms with Gasteiger partial charge in [0.2, 0.25) is 0 Å². The number of ether oxygens (including phenoxy) is 1. The molecular formula is C21H20O6P2+2. The van der Waals surface area contributed by atoms with E-state index in [9.17, 15) is 9.13 Å². The Bertz CT molecular complexity index is 950. The van der Waals surface area contributed by atoms with E-state index >= 15 is 0 Å². The van der Waals surface area contributed by atoms with E-state index in [1.807, 2.05) is 31.2 Å². The highest BCUT2D eigenvalue weighted by molar-refractivity contribution is 7.40. The molecule has 0 spiro atoms. The Kier molecular flexibility index (Phi) is 7.57. The first-order chi connectivity index (χ1) is 14.1. The zero-order chi connectivity index (χ0) is 20.5. The second-order valence-electron chi connectivity index (χ2n) is 5.86. The molecular weight excluding hydrogens is 410 g/mol. The molecule has 0 radical (unpaired) electrons. The number of rotatable bonds is 10. The first-order valence-corrected chi connectivity index (χ1v) is 11.3. The molecule has 0 saturated carbocycles. The van der Waals surface area contributed by atoms with Gasteiger partial charge in [0, 0.05) is 17.1 Å². The minimum atomic E-state index is -2.42. The highest BCUT2D eigenvalue weighted by Crippen LogP contribution is 2.38. The molecule has 3 aromatic rings. The fourth-order valence-electron chi connectivity index (χ4n) is 2.35. The summed E-state index contributed by atoms with van der Waals surface area (Å²) in [5.74, 6) is 1.06. The van der Waals surface area contributed by atoms with Crippen molar-refractivity contribution < 1.29 is 27.4 Å². The van der Waals surface area contributed by atoms with Gasteiger partial charge in [-0.3, -0.25) is 4.52 Å². The van der Waals surface area contributed by atoms with Crippen LogP contribution in [0.15, 0.2) is 84.9 Å². The highest BCUT2D eigenvalue weighted by atomic mass is 31.1.